The number of hydrogen-bond acceptors (Lipinski definition) is 3. The predicted molar refractivity (Wildman–Crippen MR) is 77.4 cm³/mol. The molecule has 0 saturated heterocycles. The minimum absolute atomic E-state index is 0.0468. The standard InChI is InChI=1S/C15H14N4O/c1-10-6-12(4-5-16-10)19-15(20)8-11-2-3-13-14(7-11)18-9-17-13/h2-7,9H,8H2,1H3,(H,17,18)(H,16,19,20). The van der Waals surface area contributed by atoms with Crippen molar-refractivity contribution < 1.29 is 4.79 Å². The summed E-state index contributed by atoms with van der Waals surface area (Å²) in [6.07, 6.45) is 3.66. The normalized spacial score (nSPS) is 10.7. The van der Waals surface area contributed by atoms with Gasteiger partial charge in [-0.2, -0.15) is 0 Å². The van der Waals surface area contributed by atoms with Crippen LogP contribution >= 0.6 is 0 Å². The number of fused-ring (bicyclic) bond motifs is 1. The number of aromatic amines is 1. The summed E-state index contributed by atoms with van der Waals surface area (Å²) in [4.78, 5) is 23.3. The van der Waals surface area contributed by atoms with Gasteiger partial charge in [-0.3, -0.25) is 9.78 Å². The van der Waals surface area contributed by atoms with Crippen LogP contribution in [0.2, 0.25) is 0 Å². The van der Waals surface area contributed by atoms with E-state index >= 15 is 0 Å². The molecule has 20 heavy (non-hydrogen) atoms. The fourth-order valence-corrected chi connectivity index (χ4v) is 2.11. The van der Waals surface area contributed by atoms with E-state index in [4.69, 9.17) is 0 Å². The fourth-order valence-electron chi connectivity index (χ4n) is 2.11. The third kappa shape index (κ3) is 2.66. The number of H-pyrrole nitrogens is 1. The number of nitrogens with one attached hydrogen (secondary N) is 2. The van der Waals surface area contributed by atoms with Crippen LogP contribution in [0.25, 0.3) is 11.0 Å². The van der Waals surface area contributed by atoms with Gasteiger partial charge in [-0.1, -0.05) is 6.07 Å². The summed E-state index contributed by atoms with van der Waals surface area (Å²) in [5.74, 6) is -0.0468. The first-order chi connectivity index (χ1) is 9.70. The van der Waals surface area contributed by atoms with Crippen LogP contribution in [0.15, 0.2) is 42.9 Å². The van der Waals surface area contributed by atoms with Crippen molar-refractivity contribution in [3.05, 3.63) is 54.1 Å². The van der Waals surface area contributed by atoms with Gasteiger partial charge in [0, 0.05) is 17.6 Å². The molecule has 0 bridgehead atoms. The van der Waals surface area contributed by atoms with Crippen LogP contribution in [-0.2, 0) is 11.2 Å². The third-order valence-electron chi connectivity index (χ3n) is 3.03. The molecule has 1 amide bonds. The lowest BCUT2D eigenvalue weighted by atomic mass is 10.1. The molecule has 0 radical (unpaired) electrons. The zero-order chi connectivity index (χ0) is 13.9. The smallest absolute Gasteiger partial charge is 0.228 e. The lowest BCUT2D eigenvalue weighted by molar-refractivity contribution is -0.115. The Kier molecular flexibility index (Phi) is 3.16. The predicted octanol–water partition coefficient (Wildman–Crippen LogP) is 2.45. The largest absolute Gasteiger partial charge is 0.345 e. The van der Waals surface area contributed by atoms with E-state index in [2.05, 4.69) is 20.3 Å². The molecule has 0 aliphatic rings. The average Bonchev–Trinajstić information content (AvgIpc) is 2.86. The molecule has 5 nitrogen and oxygen atoms in total. The Balaban J connectivity index is 1.72. The molecule has 0 saturated carbocycles. The number of nitrogens with zero attached hydrogens (tertiary/aromatic N) is 2. The third-order valence-corrected chi connectivity index (χ3v) is 3.03. The number of imidazole rings is 1. The molecule has 0 spiro atoms. The van der Waals surface area contributed by atoms with E-state index in [0.29, 0.717) is 6.42 Å². The summed E-state index contributed by atoms with van der Waals surface area (Å²) in [5, 5.41) is 2.87. The summed E-state index contributed by atoms with van der Waals surface area (Å²) in [5.41, 5.74) is 4.44. The number of aromatic nitrogens is 3. The van der Waals surface area contributed by atoms with E-state index in [1.54, 1.807) is 18.6 Å². The molecule has 3 rings (SSSR count). The van der Waals surface area contributed by atoms with Crippen molar-refractivity contribution in [3.63, 3.8) is 0 Å². The van der Waals surface area contributed by atoms with Crippen LogP contribution in [0.5, 0.6) is 0 Å². The molecular formula is C15H14N4O. The molecule has 100 valence electrons. The minimum atomic E-state index is -0.0468. The number of anilines is 1. The second-order valence-electron chi connectivity index (χ2n) is 4.66. The van der Waals surface area contributed by atoms with E-state index in [1.807, 2.05) is 31.2 Å². The Morgan fingerprint density at radius 3 is 3.00 bits per heavy atom. The average molecular weight is 266 g/mol. The number of benzene rings is 1. The zero-order valence-electron chi connectivity index (χ0n) is 11.1. The van der Waals surface area contributed by atoms with Crippen molar-refractivity contribution in [2.45, 2.75) is 13.3 Å². The summed E-state index contributed by atoms with van der Waals surface area (Å²) < 4.78 is 0. The number of carbonyl (C=O) groups excluding carboxylic acids is 1. The highest BCUT2D eigenvalue weighted by molar-refractivity contribution is 5.92. The highest BCUT2D eigenvalue weighted by Gasteiger charge is 2.06. The Bertz CT molecular complexity index is 763. The van der Waals surface area contributed by atoms with Gasteiger partial charge in [-0.05, 0) is 36.8 Å². The molecular weight excluding hydrogens is 252 g/mol. The highest BCUT2D eigenvalue weighted by Crippen LogP contribution is 2.13. The van der Waals surface area contributed by atoms with E-state index in [9.17, 15) is 4.79 Å². The second-order valence-corrected chi connectivity index (χ2v) is 4.66. The number of aryl methyl sites for hydroxylation is 1. The molecule has 0 unspecified atom stereocenters. The van der Waals surface area contributed by atoms with Crippen LogP contribution in [-0.4, -0.2) is 20.9 Å². The number of pyridine rings is 1. The minimum Gasteiger partial charge on any atom is -0.345 e. The van der Waals surface area contributed by atoms with E-state index in [0.717, 1.165) is 28.0 Å². The summed E-state index contributed by atoms with van der Waals surface area (Å²) in [6, 6.07) is 9.39. The second kappa shape index (κ2) is 5.13. The lowest BCUT2D eigenvalue weighted by Crippen LogP contribution is -2.14. The van der Waals surface area contributed by atoms with Crippen LogP contribution < -0.4 is 5.32 Å². The Labute approximate surface area is 116 Å². The molecule has 3 aromatic rings. The summed E-state index contributed by atoms with van der Waals surface area (Å²) in [6.45, 7) is 1.89. The molecule has 2 aromatic heterocycles. The topological polar surface area (TPSA) is 70.7 Å². The van der Waals surface area contributed by atoms with Crippen molar-refractivity contribution >= 4 is 22.6 Å². The van der Waals surface area contributed by atoms with E-state index < -0.39 is 0 Å². The maximum atomic E-state index is 12.0. The SMILES string of the molecule is Cc1cc(NC(=O)Cc2ccc3nc[nH]c3c2)ccn1. The molecule has 2 N–H and O–H groups in total. The Morgan fingerprint density at radius 2 is 2.15 bits per heavy atom. The highest BCUT2D eigenvalue weighted by atomic mass is 16.1. The quantitative estimate of drug-likeness (QED) is 0.765. The molecule has 0 atom stereocenters. The summed E-state index contributed by atoms with van der Waals surface area (Å²) >= 11 is 0. The molecule has 5 heteroatoms. The molecule has 0 aliphatic heterocycles. The maximum absolute atomic E-state index is 12.0. The van der Waals surface area contributed by atoms with Gasteiger partial charge in [0.1, 0.15) is 0 Å². The maximum Gasteiger partial charge on any atom is 0.228 e. The van der Waals surface area contributed by atoms with Crippen LogP contribution in [0.4, 0.5) is 5.69 Å². The zero-order valence-corrected chi connectivity index (χ0v) is 11.1. The number of amides is 1. The van der Waals surface area contributed by atoms with Crippen molar-refractivity contribution in [1.82, 2.24) is 15.0 Å². The molecule has 0 fully saturated rings. The lowest BCUT2D eigenvalue weighted by Gasteiger charge is -2.05. The monoisotopic (exact) mass is 266 g/mol. The van der Waals surface area contributed by atoms with E-state index in [1.165, 1.54) is 0 Å². The summed E-state index contributed by atoms with van der Waals surface area (Å²) in [7, 11) is 0. The van der Waals surface area contributed by atoms with Crippen molar-refractivity contribution in [3.8, 4) is 0 Å². The van der Waals surface area contributed by atoms with Crippen LogP contribution in [0.3, 0.4) is 0 Å². The Hall–Kier alpha value is -2.69. The van der Waals surface area contributed by atoms with Gasteiger partial charge in [-0.25, -0.2) is 4.98 Å². The van der Waals surface area contributed by atoms with Gasteiger partial charge in [0.25, 0.3) is 0 Å². The first-order valence-corrected chi connectivity index (χ1v) is 6.35. The van der Waals surface area contributed by atoms with Gasteiger partial charge in [0.15, 0.2) is 0 Å². The van der Waals surface area contributed by atoms with Crippen LogP contribution in [0.1, 0.15) is 11.3 Å². The fraction of sp³-hybridized carbons (Fsp3) is 0.133. The number of carbonyl (C=O) groups is 1. The van der Waals surface area contributed by atoms with Crippen molar-refractivity contribution in [2.24, 2.45) is 0 Å². The number of rotatable bonds is 3. The van der Waals surface area contributed by atoms with Gasteiger partial charge in [-0.15, -0.1) is 0 Å². The van der Waals surface area contributed by atoms with Crippen molar-refractivity contribution in [1.29, 1.82) is 0 Å². The molecule has 2 heterocycles. The Morgan fingerprint density at radius 1 is 1.25 bits per heavy atom. The van der Waals surface area contributed by atoms with Gasteiger partial charge in [0.05, 0.1) is 23.8 Å². The van der Waals surface area contributed by atoms with Gasteiger partial charge in [0.2, 0.25) is 5.91 Å². The first kappa shape index (κ1) is 12.3. The molecule has 1 aromatic carbocycles. The van der Waals surface area contributed by atoms with Gasteiger partial charge >= 0.3 is 0 Å². The van der Waals surface area contributed by atoms with E-state index in [-0.39, 0.29) is 5.91 Å². The van der Waals surface area contributed by atoms with Crippen molar-refractivity contribution in [2.75, 3.05) is 5.32 Å². The molecule has 0 aliphatic carbocycles. The number of hydrogen-bond donors (Lipinski definition) is 2. The van der Waals surface area contributed by atoms with Crippen LogP contribution in [0, 0.1) is 6.92 Å². The van der Waals surface area contributed by atoms with Gasteiger partial charge < -0.3 is 10.3 Å². The first-order valence-electron chi connectivity index (χ1n) is 6.35.